The van der Waals surface area contributed by atoms with Gasteiger partial charge in [-0.1, -0.05) is 18.2 Å². The highest BCUT2D eigenvalue weighted by atomic mass is 16.5. The summed E-state index contributed by atoms with van der Waals surface area (Å²) in [5.41, 5.74) is 3.74. The second-order valence-electron chi connectivity index (χ2n) is 4.27. The summed E-state index contributed by atoms with van der Waals surface area (Å²) < 4.78 is 4.93. The van der Waals surface area contributed by atoms with Crippen molar-refractivity contribution in [1.82, 2.24) is 5.32 Å². The Morgan fingerprint density at radius 1 is 1.35 bits per heavy atom. The standard InChI is InChI=1S/C14H21NO2/c1-5-17-14(16)12(4)15-9-13-7-6-10(2)11(3)8-13/h6-8,12,15H,5,9H2,1-4H3. The van der Waals surface area contributed by atoms with Crippen LogP contribution in [0, 0.1) is 13.8 Å². The average Bonchev–Trinajstić information content (AvgIpc) is 2.30. The Morgan fingerprint density at radius 2 is 2.06 bits per heavy atom. The molecule has 1 N–H and O–H groups in total. The van der Waals surface area contributed by atoms with Crippen molar-refractivity contribution in [3.05, 3.63) is 34.9 Å². The van der Waals surface area contributed by atoms with Crippen LogP contribution in [0.4, 0.5) is 0 Å². The van der Waals surface area contributed by atoms with Gasteiger partial charge in [0.2, 0.25) is 0 Å². The van der Waals surface area contributed by atoms with Crippen LogP contribution in [0.25, 0.3) is 0 Å². The van der Waals surface area contributed by atoms with Crippen molar-refractivity contribution in [2.75, 3.05) is 6.61 Å². The van der Waals surface area contributed by atoms with Crippen molar-refractivity contribution in [2.45, 2.75) is 40.3 Å². The Bertz CT molecular complexity index is 388. The molecule has 0 saturated heterocycles. The van der Waals surface area contributed by atoms with Crippen LogP contribution in [0.2, 0.25) is 0 Å². The third-order valence-electron chi connectivity index (χ3n) is 2.82. The van der Waals surface area contributed by atoms with Crippen LogP contribution < -0.4 is 5.32 Å². The lowest BCUT2D eigenvalue weighted by Crippen LogP contribution is -2.34. The molecule has 0 aliphatic rings. The molecule has 1 unspecified atom stereocenters. The molecule has 3 nitrogen and oxygen atoms in total. The van der Waals surface area contributed by atoms with Gasteiger partial charge in [-0.05, 0) is 44.4 Å². The number of rotatable bonds is 5. The zero-order chi connectivity index (χ0) is 12.8. The molecule has 1 aromatic rings. The number of nitrogens with one attached hydrogen (secondary N) is 1. The summed E-state index contributed by atoms with van der Waals surface area (Å²) in [6, 6.07) is 6.05. The second kappa shape index (κ2) is 6.40. The third kappa shape index (κ3) is 4.19. The number of ether oxygens (including phenoxy) is 1. The second-order valence-corrected chi connectivity index (χ2v) is 4.27. The Labute approximate surface area is 103 Å². The summed E-state index contributed by atoms with van der Waals surface area (Å²) in [5.74, 6) is -0.198. The van der Waals surface area contributed by atoms with E-state index in [1.807, 2.05) is 13.8 Å². The molecule has 1 atom stereocenters. The summed E-state index contributed by atoms with van der Waals surface area (Å²) in [6.45, 7) is 8.92. The van der Waals surface area contributed by atoms with Gasteiger partial charge in [0.25, 0.3) is 0 Å². The van der Waals surface area contributed by atoms with Gasteiger partial charge in [-0.3, -0.25) is 4.79 Å². The first kappa shape index (κ1) is 13.7. The minimum absolute atomic E-state index is 0.198. The van der Waals surface area contributed by atoms with E-state index >= 15 is 0 Å². The van der Waals surface area contributed by atoms with Crippen LogP contribution in [0.15, 0.2) is 18.2 Å². The summed E-state index contributed by atoms with van der Waals surface area (Å²) in [4.78, 5) is 11.4. The van der Waals surface area contributed by atoms with Gasteiger partial charge in [0.05, 0.1) is 6.61 Å². The van der Waals surface area contributed by atoms with Gasteiger partial charge in [0.1, 0.15) is 6.04 Å². The van der Waals surface area contributed by atoms with Crippen LogP contribution in [-0.4, -0.2) is 18.6 Å². The molecule has 3 heteroatoms. The lowest BCUT2D eigenvalue weighted by molar-refractivity contribution is -0.145. The van der Waals surface area contributed by atoms with E-state index in [1.54, 1.807) is 0 Å². The molecule has 0 aliphatic heterocycles. The number of benzene rings is 1. The van der Waals surface area contributed by atoms with Crippen LogP contribution in [0.3, 0.4) is 0 Å². The fraction of sp³-hybridized carbons (Fsp3) is 0.500. The molecule has 0 bridgehead atoms. The van der Waals surface area contributed by atoms with E-state index in [2.05, 4.69) is 37.4 Å². The maximum atomic E-state index is 11.4. The average molecular weight is 235 g/mol. The van der Waals surface area contributed by atoms with E-state index < -0.39 is 0 Å². The highest BCUT2D eigenvalue weighted by Gasteiger charge is 2.12. The first-order valence-corrected chi connectivity index (χ1v) is 6.00. The molecular formula is C14H21NO2. The van der Waals surface area contributed by atoms with Crippen molar-refractivity contribution in [2.24, 2.45) is 0 Å². The van der Waals surface area contributed by atoms with E-state index in [0.717, 1.165) is 0 Å². The number of hydrogen-bond acceptors (Lipinski definition) is 3. The first-order valence-electron chi connectivity index (χ1n) is 6.00. The van der Waals surface area contributed by atoms with Crippen LogP contribution in [0.1, 0.15) is 30.5 Å². The maximum absolute atomic E-state index is 11.4. The fourth-order valence-electron chi connectivity index (χ4n) is 1.54. The van der Waals surface area contributed by atoms with Gasteiger partial charge < -0.3 is 10.1 Å². The highest BCUT2D eigenvalue weighted by Crippen LogP contribution is 2.09. The number of carbonyl (C=O) groups is 1. The minimum atomic E-state index is -0.267. The molecule has 0 radical (unpaired) electrons. The number of hydrogen-bond donors (Lipinski definition) is 1. The van der Waals surface area contributed by atoms with Gasteiger partial charge in [-0.15, -0.1) is 0 Å². The van der Waals surface area contributed by atoms with Crippen molar-refractivity contribution in [1.29, 1.82) is 0 Å². The molecule has 0 saturated carbocycles. The first-order chi connectivity index (χ1) is 8.04. The van der Waals surface area contributed by atoms with E-state index in [0.29, 0.717) is 13.2 Å². The van der Waals surface area contributed by atoms with E-state index in [-0.39, 0.29) is 12.0 Å². The third-order valence-corrected chi connectivity index (χ3v) is 2.82. The largest absolute Gasteiger partial charge is 0.465 e. The molecular weight excluding hydrogens is 214 g/mol. The molecule has 1 aromatic carbocycles. The Kier molecular flexibility index (Phi) is 5.16. The highest BCUT2D eigenvalue weighted by molar-refractivity contribution is 5.75. The Hall–Kier alpha value is -1.35. The smallest absolute Gasteiger partial charge is 0.322 e. The topological polar surface area (TPSA) is 38.3 Å². The molecule has 0 aliphatic carbocycles. The summed E-state index contributed by atoms with van der Waals surface area (Å²) in [7, 11) is 0. The zero-order valence-corrected chi connectivity index (χ0v) is 11.0. The zero-order valence-electron chi connectivity index (χ0n) is 11.0. The number of carbonyl (C=O) groups excluding carboxylic acids is 1. The quantitative estimate of drug-likeness (QED) is 0.796. The minimum Gasteiger partial charge on any atom is -0.465 e. The van der Waals surface area contributed by atoms with Crippen molar-refractivity contribution >= 4 is 5.97 Å². The number of aryl methyl sites for hydroxylation is 2. The van der Waals surface area contributed by atoms with Gasteiger partial charge in [-0.2, -0.15) is 0 Å². The fourth-order valence-corrected chi connectivity index (χ4v) is 1.54. The monoisotopic (exact) mass is 235 g/mol. The van der Waals surface area contributed by atoms with Gasteiger partial charge in [-0.25, -0.2) is 0 Å². The summed E-state index contributed by atoms with van der Waals surface area (Å²) in [6.07, 6.45) is 0. The van der Waals surface area contributed by atoms with Gasteiger partial charge >= 0.3 is 5.97 Å². The van der Waals surface area contributed by atoms with Crippen molar-refractivity contribution in [3.63, 3.8) is 0 Å². The predicted molar refractivity (Wildman–Crippen MR) is 68.9 cm³/mol. The van der Waals surface area contributed by atoms with E-state index in [4.69, 9.17) is 4.74 Å². The summed E-state index contributed by atoms with van der Waals surface area (Å²) in [5, 5.41) is 3.16. The maximum Gasteiger partial charge on any atom is 0.322 e. The normalized spacial score (nSPS) is 12.2. The molecule has 94 valence electrons. The molecule has 1 rings (SSSR count). The molecule has 0 heterocycles. The number of esters is 1. The SMILES string of the molecule is CCOC(=O)C(C)NCc1ccc(C)c(C)c1. The lowest BCUT2D eigenvalue weighted by atomic mass is 10.1. The predicted octanol–water partition coefficient (Wildman–Crippen LogP) is 2.34. The van der Waals surface area contributed by atoms with Crippen LogP contribution >= 0.6 is 0 Å². The van der Waals surface area contributed by atoms with Gasteiger partial charge in [0, 0.05) is 6.54 Å². The lowest BCUT2D eigenvalue weighted by Gasteiger charge is -2.13. The summed E-state index contributed by atoms with van der Waals surface area (Å²) >= 11 is 0. The van der Waals surface area contributed by atoms with Crippen molar-refractivity contribution < 1.29 is 9.53 Å². The molecule has 17 heavy (non-hydrogen) atoms. The molecule has 0 amide bonds. The van der Waals surface area contributed by atoms with Crippen LogP contribution in [0.5, 0.6) is 0 Å². The molecule has 0 spiro atoms. The molecule has 0 aromatic heterocycles. The Balaban J connectivity index is 2.50. The Morgan fingerprint density at radius 3 is 2.65 bits per heavy atom. The van der Waals surface area contributed by atoms with E-state index in [9.17, 15) is 4.79 Å². The van der Waals surface area contributed by atoms with Gasteiger partial charge in [0.15, 0.2) is 0 Å². The van der Waals surface area contributed by atoms with Crippen LogP contribution in [-0.2, 0) is 16.1 Å². The van der Waals surface area contributed by atoms with E-state index in [1.165, 1.54) is 16.7 Å². The molecule has 0 fully saturated rings. The van der Waals surface area contributed by atoms with Crippen molar-refractivity contribution in [3.8, 4) is 0 Å².